The van der Waals surface area contributed by atoms with Gasteiger partial charge in [0.25, 0.3) is 0 Å². The smallest absolute Gasteiger partial charge is 0.246 e. The minimum atomic E-state index is -0.655. The van der Waals surface area contributed by atoms with Crippen LogP contribution in [0.2, 0.25) is 0 Å². The van der Waals surface area contributed by atoms with Gasteiger partial charge in [0.15, 0.2) is 0 Å². The second-order valence-corrected chi connectivity index (χ2v) is 4.30. The zero-order chi connectivity index (χ0) is 12.4. The predicted molar refractivity (Wildman–Crippen MR) is 64.0 cm³/mol. The third-order valence-electron chi connectivity index (χ3n) is 3.05. The zero-order valence-corrected chi connectivity index (χ0v) is 9.85. The molecule has 0 radical (unpaired) electrons. The van der Waals surface area contributed by atoms with E-state index < -0.39 is 6.04 Å². The third-order valence-corrected chi connectivity index (χ3v) is 3.05. The number of carbonyl (C=O) groups excluding carboxylic acids is 2. The van der Waals surface area contributed by atoms with Crippen LogP contribution in [0.25, 0.3) is 0 Å². The number of nitrogens with zero attached hydrogens (tertiary/aromatic N) is 1. The number of aryl methyl sites for hydroxylation is 1. The first-order valence-corrected chi connectivity index (χ1v) is 5.79. The fourth-order valence-corrected chi connectivity index (χ4v) is 1.94. The molecule has 90 valence electrons. The van der Waals surface area contributed by atoms with Crippen molar-refractivity contribution in [1.29, 1.82) is 0 Å². The molecule has 1 saturated heterocycles. The summed E-state index contributed by atoms with van der Waals surface area (Å²) in [4.78, 5) is 24.4. The summed E-state index contributed by atoms with van der Waals surface area (Å²) in [5.41, 5.74) is 7.74. The maximum Gasteiger partial charge on any atom is 0.246 e. The highest BCUT2D eigenvalue weighted by atomic mass is 16.2. The van der Waals surface area contributed by atoms with Crippen LogP contribution in [-0.4, -0.2) is 22.8 Å². The van der Waals surface area contributed by atoms with E-state index in [4.69, 9.17) is 5.73 Å². The van der Waals surface area contributed by atoms with Gasteiger partial charge in [0.2, 0.25) is 11.8 Å². The average molecular weight is 232 g/mol. The van der Waals surface area contributed by atoms with Gasteiger partial charge in [-0.05, 0) is 17.5 Å². The topological polar surface area (TPSA) is 63.4 Å². The number of likely N-dealkylation sites (tertiary alicyclic amines) is 1. The van der Waals surface area contributed by atoms with Gasteiger partial charge in [-0.1, -0.05) is 31.2 Å². The fraction of sp³-hybridized carbons (Fsp3) is 0.385. The fourth-order valence-electron chi connectivity index (χ4n) is 1.94. The molecule has 2 rings (SSSR count). The molecule has 17 heavy (non-hydrogen) atoms. The first kappa shape index (κ1) is 11.8. The van der Waals surface area contributed by atoms with E-state index in [1.807, 2.05) is 24.3 Å². The Labute approximate surface area is 100 Å². The molecule has 1 aromatic carbocycles. The Hall–Kier alpha value is -1.68. The minimum absolute atomic E-state index is 0.131. The number of amides is 2. The normalized spacial score (nSPS) is 20.1. The van der Waals surface area contributed by atoms with Gasteiger partial charge in [0, 0.05) is 0 Å². The van der Waals surface area contributed by atoms with Crippen molar-refractivity contribution < 1.29 is 9.59 Å². The Morgan fingerprint density at radius 2 is 1.82 bits per heavy atom. The van der Waals surface area contributed by atoms with Crippen LogP contribution in [0.15, 0.2) is 24.3 Å². The van der Waals surface area contributed by atoms with Crippen LogP contribution in [0.1, 0.15) is 24.5 Å². The molecule has 1 aliphatic rings. The predicted octanol–water partition coefficient (Wildman–Crippen LogP) is 0.835. The lowest BCUT2D eigenvalue weighted by atomic mass is 10.1. The third kappa shape index (κ3) is 2.36. The van der Waals surface area contributed by atoms with Crippen molar-refractivity contribution in [2.24, 2.45) is 5.73 Å². The number of hydrogen-bond donors (Lipinski definition) is 1. The molecule has 2 N–H and O–H groups in total. The van der Waals surface area contributed by atoms with E-state index >= 15 is 0 Å². The van der Waals surface area contributed by atoms with Crippen molar-refractivity contribution in [2.45, 2.75) is 32.4 Å². The Bertz CT molecular complexity index is 439. The summed E-state index contributed by atoms with van der Waals surface area (Å²) >= 11 is 0. The highest BCUT2D eigenvalue weighted by Gasteiger charge is 2.35. The standard InChI is InChI=1S/C13H16N2O2/c1-2-9-3-5-10(6-4-9)8-15-12(16)7-11(14)13(15)17/h3-6,11H,2,7-8,14H2,1H3. The minimum Gasteiger partial charge on any atom is -0.319 e. The molecule has 1 unspecified atom stereocenters. The summed E-state index contributed by atoms with van der Waals surface area (Å²) in [6.45, 7) is 2.41. The van der Waals surface area contributed by atoms with Crippen LogP contribution in [0.3, 0.4) is 0 Å². The van der Waals surface area contributed by atoms with E-state index in [9.17, 15) is 9.59 Å². The number of imide groups is 1. The van der Waals surface area contributed by atoms with E-state index in [0.717, 1.165) is 12.0 Å². The molecule has 1 aromatic rings. The van der Waals surface area contributed by atoms with Gasteiger partial charge in [0.05, 0.1) is 19.0 Å². The van der Waals surface area contributed by atoms with Gasteiger partial charge in [0.1, 0.15) is 0 Å². The second-order valence-electron chi connectivity index (χ2n) is 4.30. The molecule has 0 bridgehead atoms. The van der Waals surface area contributed by atoms with Crippen molar-refractivity contribution in [3.05, 3.63) is 35.4 Å². The summed E-state index contributed by atoms with van der Waals surface area (Å²) < 4.78 is 0. The van der Waals surface area contributed by atoms with Crippen LogP contribution >= 0.6 is 0 Å². The number of rotatable bonds is 3. The van der Waals surface area contributed by atoms with Gasteiger partial charge >= 0.3 is 0 Å². The Morgan fingerprint density at radius 3 is 2.29 bits per heavy atom. The molecule has 4 nitrogen and oxygen atoms in total. The van der Waals surface area contributed by atoms with Crippen LogP contribution in [0, 0.1) is 0 Å². The number of nitrogens with two attached hydrogens (primary N) is 1. The summed E-state index contributed by atoms with van der Waals surface area (Å²) in [6.07, 6.45) is 1.11. The molecule has 1 atom stereocenters. The van der Waals surface area contributed by atoms with Crippen LogP contribution in [-0.2, 0) is 22.6 Å². The number of benzene rings is 1. The van der Waals surface area contributed by atoms with E-state index in [0.29, 0.717) is 6.54 Å². The van der Waals surface area contributed by atoms with E-state index in [-0.39, 0.29) is 18.2 Å². The molecule has 0 aliphatic carbocycles. The Morgan fingerprint density at radius 1 is 1.24 bits per heavy atom. The molecule has 2 amide bonds. The Kier molecular flexibility index (Phi) is 3.24. The molecule has 1 heterocycles. The number of carbonyl (C=O) groups is 2. The molecule has 4 heteroatoms. The monoisotopic (exact) mass is 232 g/mol. The summed E-state index contributed by atoms with van der Waals surface area (Å²) in [5.74, 6) is -0.448. The van der Waals surface area contributed by atoms with Gasteiger partial charge in [-0.2, -0.15) is 0 Å². The van der Waals surface area contributed by atoms with Crippen molar-refractivity contribution >= 4 is 11.8 Å². The van der Waals surface area contributed by atoms with Crippen molar-refractivity contribution in [3.63, 3.8) is 0 Å². The van der Waals surface area contributed by atoms with Crippen molar-refractivity contribution in [1.82, 2.24) is 4.90 Å². The zero-order valence-electron chi connectivity index (χ0n) is 9.85. The number of hydrogen-bond acceptors (Lipinski definition) is 3. The maximum absolute atomic E-state index is 11.6. The van der Waals surface area contributed by atoms with E-state index in [1.54, 1.807) is 0 Å². The summed E-state index contributed by atoms with van der Waals surface area (Å²) in [5, 5.41) is 0. The second kappa shape index (κ2) is 4.67. The maximum atomic E-state index is 11.6. The van der Waals surface area contributed by atoms with Gasteiger partial charge in [-0.25, -0.2) is 0 Å². The first-order valence-electron chi connectivity index (χ1n) is 5.79. The summed E-state index contributed by atoms with van der Waals surface area (Å²) in [6, 6.07) is 7.27. The highest BCUT2D eigenvalue weighted by Crippen LogP contribution is 2.15. The lowest BCUT2D eigenvalue weighted by Gasteiger charge is -2.14. The molecule has 0 saturated carbocycles. The molecular weight excluding hydrogens is 216 g/mol. The molecule has 1 aliphatic heterocycles. The van der Waals surface area contributed by atoms with Gasteiger partial charge in [-0.3, -0.25) is 14.5 Å². The van der Waals surface area contributed by atoms with E-state index in [2.05, 4.69) is 6.92 Å². The largest absolute Gasteiger partial charge is 0.319 e. The first-order chi connectivity index (χ1) is 8.11. The molecule has 0 aromatic heterocycles. The molecule has 0 spiro atoms. The van der Waals surface area contributed by atoms with Crippen LogP contribution in [0.4, 0.5) is 0 Å². The van der Waals surface area contributed by atoms with E-state index in [1.165, 1.54) is 10.5 Å². The van der Waals surface area contributed by atoms with Crippen molar-refractivity contribution in [2.75, 3.05) is 0 Å². The lowest BCUT2D eigenvalue weighted by molar-refractivity contribution is -0.139. The quantitative estimate of drug-likeness (QED) is 0.785. The van der Waals surface area contributed by atoms with Crippen molar-refractivity contribution in [3.8, 4) is 0 Å². The molecule has 1 fully saturated rings. The molecular formula is C13H16N2O2. The van der Waals surface area contributed by atoms with Crippen LogP contribution in [0.5, 0.6) is 0 Å². The highest BCUT2D eigenvalue weighted by molar-refractivity contribution is 6.05. The van der Waals surface area contributed by atoms with Gasteiger partial charge in [-0.15, -0.1) is 0 Å². The average Bonchev–Trinajstić information content (AvgIpc) is 2.57. The SMILES string of the molecule is CCc1ccc(CN2C(=O)CC(N)C2=O)cc1. The Balaban J connectivity index is 2.10. The summed E-state index contributed by atoms with van der Waals surface area (Å²) in [7, 11) is 0. The van der Waals surface area contributed by atoms with Crippen LogP contribution < -0.4 is 5.73 Å². The lowest BCUT2D eigenvalue weighted by Crippen LogP contribution is -2.34. The van der Waals surface area contributed by atoms with Gasteiger partial charge < -0.3 is 5.73 Å².